The van der Waals surface area contributed by atoms with Crippen LogP contribution in [0.25, 0.3) is 0 Å². The topological polar surface area (TPSA) is 71.4 Å². The van der Waals surface area contributed by atoms with Crippen LogP contribution in [0.4, 0.5) is 18.0 Å². The molecule has 9 heteroatoms. The average molecular weight is 469 g/mol. The highest BCUT2D eigenvalue weighted by atomic mass is 19.1. The van der Waals surface area contributed by atoms with Crippen LogP contribution in [-0.2, 0) is 16.9 Å². The van der Waals surface area contributed by atoms with Crippen molar-refractivity contribution in [3.05, 3.63) is 94.1 Å². The lowest BCUT2D eigenvalue weighted by Crippen LogP contribution is -2.42. The first kappa shape index (κ1) is 23.3. The van der Waals surface area contributed by atoms with Gasteiger partial charge in [0.1, 0.15) is 23.0 Å². The zero-order valence-corrected chi connectivity index (χ0v) is 18.8. The number of carbonyl (C=O) groups is 3. The summed E-state index contributed by atoms with van der Waals surface area (Å²) in [6.45, 7) is 4.67. The van der Waals surface area contributed by atoms with Gasteiger partial charge >= 0.3 is 6.03 Å². The Morgan fingerprint density at radius 3 is 2.29 bits per heavy atom. The Bertz CT molecular complexity index is 1320. The highest BCUT2D eigenvalue weighted by Crippen LogP contribution is 2.31. The normalized spacial score (nSPS) is 17.9. The van der Waals surface area contributed by atoms with Crippen LogP contribution in [0, 0.1) is 31.3 Å². The number of amides is 3. The molecular formula is C25H22F3N3O3. The zero-order valence-electron chi connectivity index (χ0n) is 18.8. The van der Waals surface area contributed by atoms with Gasteiger partial charge in [0.15, 0.2) is 5.78 Å². The largest absolute Gasteiger partial charge is 0.344 e. The van der Waals surface area contributed by atoms with Gasteiger partial charge in [0, 0.05) is 29.1 Å². The monoisotopic (exact) mass is 469 g/mol. The van der Waals surface area contributed by atoms with Crippen LogP contribution < -0.4 is 5.32 Å². The summed E-state index contributed by atoms with van der Waals surface area (Å²) in [5, 5.41) is 2.38. The number of carbonyl (C=O) groups excluding carboxylic acids is 3. The van der Waals surface area contributed by atoms with E-state index in [0.29, 0.717) is 22.7 Å². The third-order valence-electron chi connectivity index (χ3n) is 6.17. The van der Waals surface area contributed by atoms with Crippen molar-refractivity contribution in [2.45, 2.75) is 32.9 Å². The lowest BCUT2D eigenvalue weighted by Gasteiger charge is -2.22. The third kappa shape index (κ3) is 3.98. The maximum atomic E-state index is 14.3. The molecule has 6 nitrogen and oxygen atoms in total. The number of Topliss-reactive ketones (excluding diaryl/α,β-unsaturated/α-hetero) is 1. The molecule has 4 rings (SSSR count). The number of ketones is 1. The molecule has 1 unspecified atom stereocenters. The molecule has 0 spiro atoms. The molecule has 0 bridgehead atoms. The predicted octanol–water partition coefficient (Wildman–Crippen LogP) is 4.22. The van der Waals surface area contributed by atoms with Gasteiger partial charge in [-0.25, -0.2) is 18.0 Å². The van der Waals surface area contributed by atoms with Crippen molar-refractivity contribution in [1.29, 1.82) is 0 Å². The molecule has 1 fully saturated rings. The Morgan fingerprint density at radius 2 is 1.62 bits per heavy atom. The molecule has 34 heavy (non-hydrogen) atoms. The van der Waals surface area contributed by atoms with Gasteiger partial charge < -0.3 is 9.88 Å². The molecule has 176 valence electrons. The summed E-state index contributed by atoms with van der Waals surface area (Å²) in [5.74, 6) is -3.29. The molecule has 2 heterocycles. The number of hydrogen-bond donors (Lipinski definition) is 1. The molecule has 0 saturated carbocycles. The Hall–Kier alpha value is -3.88. The number of imide groups is 1. The number of rotatable bonds is 6. The van der Waals surface area contributed by atoms with Crippen LogP contribution in [0.5, 0.6) is 0 Å². The summed E-state index contributed by atoms with van der Waals surface area (Å²) in [4.78, 5) is 39.4. The maximum Gasteiger partial charge on any atom is 0.325 e. The molecule has 1 atom stereocenters. The van der Waals surface area contributed by atoms with E-state index < -0.39 is 41.4 Å². The number of halogens is 3. The van der Waals surface area contributed by atoms with E-state index in [2.05, 4.69) is 5.32 Å². The van der Waals surface area contributed by atoms with Gasteiger partial charge in [-0.2, -0.15) is 0 Å². The van der Waals surface area contributed by atoms with Crippen molar-refractivity contribution in [3.8, 4) is 0 Å². The van der Waals surface area contributed by atoms with E-state index in [1.54, 1.807) is 25.1 Å². The predicted molar refractivity (Wildman–Crippen MR) is 118 cm³/mol. The van der Waals surface area contributed by atoms with Crippen LogP contribution in [-0.4, -0.2) is 33.7 Å². The van der Waals surface area contributed by atoms with Gasteiger partial charge in [0.25, 0.3) is 5.91 Å². The molecule has 3 aromatic rings. The minimum absolute atomic E-state index is 0.321. The lowest BCUT2D eigenvalue weighted by atomic mass is 9.91. The van der Waals surface area contributed by atoms with E-state index in [4.69, 9.17) is 0 Å². The minimum atomic E-state index is -1.84. The molecule has 1 saturated heterocycles. The van der Waals surface area contributed by atoms with Gasteiger partial charge in [-0.1, -0.05) is 12.1 Å². The second kappa shape index (κ2) is 8.48. The van der Waals surface area contributed by atoms with Crippen LogP contribution in [0.15, 0.2) is 48.5 Å². The molecule has 1 aliphatic heterocycles. The zero-order chi connectivity index (χ0) is 24.8. The molecule has 1 N–H and O–H groups in total. The van der Waals surface area contributed by atoms with Gasteiger partial charge in [0.2, 0.25) is 0 Å². The molecule has 3 amide bonds. The first-order valence-corrected chi connectivity index (χ1v) is 10.6. The first-order valence-electron chi connectivity index (χ1n) is 10.6. The van der Waals surface area contributed by atoms with Crippen LogP contribution >= 0.6 is 0 Å². The van der Waals surface area contributed by atoms with E-state index in [1.165, 1.54) is 19.1 Å². The number of aryl methyl sites for hydroxylation is 1. The van der Waals surface area contributed by atoms with Crippen molar-refractivity contribution in [1.82, 2.24) is 14.8 Å². The van der Waals surface area contributed by atoms with Crippen molar-refractivity contribution in [3.63, 3.8) is 0 Å². The van der Waals surface area contributed by atoms with E-state index >= 15 is 0 Å². The molecule has 1 aliphatic rings. The number of nitrogens with one attached hydrogen (secondary N) is 1. The second-order valence-electron chi connectivity index (χ2n) is 8.49. The highest BCUT2D eigenvalue weighted by Gasteiger charge is 2.51. The van der Waals surface area contributed by atoms with Gasteiger partial charge in [-0.05, 0) is 62.7 Å². The number of benzene rings is 2. The number of nitrogens with zero attached hydrogens (tertiary/aromatic N) is 2. The minimum Gasteiger partial charge on any atom is -0.344 e. The first-order chi connectivity index (χ1) is 16.0. The lowest BCUT2D eigenvalue weighted by molar-refractivity contribution is -0.130. The van der Waals surface area contributed by atoms with Gasteiger partial charge in [0.05, 0.1) is 6.54 Å². The fraction of sp³-hybridized carbons (Fsp3) is 0.240. The van der Waals surface area contributed by atoms with Crippen LogP contribution in [0.2, 0.25) is 0 Å². The van der Waals surface area contributed by atoms with Crippen molar-refractivity contribution < 1.29 is 27.6 Å². The van der Waals surface area contributed by atoms with Crippen molar-refractivity contribution in [2.24, 2.45) is 0 Å². The van der Waals surface area contributed by atoms with Gasteiger partial charge in [-0.3, -0.25) is 14.5 Å². The summed E-state index contributed by atoms with van der Waals surface area (Å²) >= 11 is 0. The summed E-state index contributed by atoms with van der Waals surface area (Å²) in [6, 6.07) is 9.42. The fourth-order valence-electron chi connectivity index (χ4n) is 4.23. The van der Waals surface area contributed by atoms with E-state index in [-0.39, 0.29) is 11.4 Å². The van der Waals surface area contributed by atoms with Crippen LogP contribution in [0.1, 0.15) is 39.8 Å². The summed E-state index contributed by atoms with van der Waals surface area (Å²) in [5.41, 5.74) is 0.392. The van der Waals surface area contributed by atoms with E-state index in [9.17, 15) is 27.6 Å². The SMILES string of the molecule is Cc1cc(C(=O)CN2C(=O)NC(C)(c3cc(F)ccc3F)C2=O)c(C)n1Cc1ccc(F)cc1. The smallest absolute Gasteiger partial charge is 0.325 e. The summed E-state index contributed by atoms with van der Waals surface area (Å²) in [7, 11) is 0. The fourth-order valence-corrected chi connectivity index (χ4v) is 4.23. The highest BCUT2D eigenvalue weighted by molar-refractivity contribution is 6.11. The Morgan fingerprint density at radius 1 is 0.971 bits per heavy atom. The standard InChI is InChI=1S/C25H22F3N3O3/c1-14-10-19(15(2)30(14)12-16-4-6-17(26)7-5-16)22(32)13-31-23(33)25(3,29-24(31)34)20-11-18(27)8-9-21(20)28/h4-11H,12-13H2,1-3H3,(H,29,34). The van der Waals surface area contributed by atoms with E-state index in [1.807, 2.05) is 11.5 Å². The summed E-state index contributed by atoms with van der Waals surface area (Å²) < 4.78 is 43.1. The number of aromatic nitrogens is 1. The molecular weight excluding hydrogens is 447 g/mol. The Balaban J connectivity index is 1.57. The Labute approximate surface area is 194 Å². The van der Waals surface area contributed by atoms with Gasteiger partial charge in [-0.15, -0.1) is 0 Å². The van der Waals surface area contributed by atoms with Crippen molar-refractivity contribution >= 4 is 17.7 Å². The maximum absolute atomic E-state index is 14.3. The Kier molecular flexibility index (Phi) is 5.80. The second-order valence-corrected chi connectivity index (χ2v) is 8.49. The summed E-state index contributed by atoms with van der Waals surface area (Å²) in [6.07, 6.45) is 0. The molecule has 0 aliphatic carbocycles. The van der Waals surface area contributed by atoms with Crippen LogP contribution in [0.3, 0.4) is 0 Å². The van der Waals surface area contributed by atoms with Crippen molar-refractivity contribution in [2.75, 3.05) is 6.54 Å². The third-order valence-corrected chi connectivity index (χ3v) is 6.17. The average Bonchev–Trinajstić information content (AvgIpc) is 3.19. The molecule has 1 aromatic heterocycles. The number of urea groups is 1. The molecule has 2 aromatic carbocycles. The quantitative estimate of drug-likeness (QED) is 0.434. The molecule has 0 radical (unpaired) electrons. The number of hydrogen-bond acceptors (Lipinski definition) is 3. The van der Waals surface area contributed by atoms with E-state index in [0.717, 1.165) is 29.5 Å².